The predicted octanol–water partition coefficient (Wildman–Crippen LogP) is 6.25. The van der Waals surface area contributed by atoms with Crippen LogP contribution in [0.25, 0.3) is 11.1 Å². The number of carbonyl (C=O) groups excluding carboxylic acids is 1. The minimum Gasteiger partial charge on any atom is -0.494 e. The molecule has 0 spiro atoms. The number of benzene rings is 2. The SMILES string of the molecule is CCCCOc1ccc(-c2ccc(OC(=O)C(Br)C(C)CC)cc2)cc1. The van der Waals surface area contributed by atoms with Crippen molar-refractivity contribution < 1.29 is 14.3 Å². The van der Waals surface area contributed by atoms with Crippen LogP contribution in [0.15, 0.2) is 48.5 Å². The summed E-state index contributed by atoms with van der Waals surface area (Å²) in [5.74, 6) is 1.44. The molecular weight excluding hydrogens is 392 g/mol. The van der Waals surface area contributed by atoms with Crippen LogP contribution in [0.3, 0.4) is 0 Å². The Hall–Kier alpha value is -1.81. The van der Waals surface area contributed by atoms with Gasteiger partial charge in [-0.3, -0.25) is 4.79 Å². The maximum atomic E-state index is 12.1. The molecule has 2 rings (SSSR count). The van der Waals surface area contributed by atoms with Gasteiger partial charge in [0.2, 0.25) is 0 Å². The first kappa shape index (κ1) is 20.5. The molecule has 0 bridgehead atoms. The third-order valence-electron chi connectivity index (χ3n) is 4.40. The van der Waals surface area contributed by atoms with Crippen LogP contribution in [0.2, 0.25) is 0 Å². The zero-order valence-corrected chi connectivity index (χ0v) is 17.3. The van der Waals surface area contributed by atoms with Crippen LogP contribution in [0, 0.1) is 5.92 Å². The first-order valence-corrected chi connectivity index (χ1v) is 10.2. The highest BCUT2D eigenvalue weighted by molar-refractivity contribution is 9.10. The van der Waals surface area contributed by atoms with Gasteiger partial charge in [0.15, 0.2) is 0 Å². The Bertz CT molecular complexity index is 680. The number of unbranched alkanes of at least 4 members (excludes halogenated alkanes) is 1. The number of alkyl halides is 1. The van der Waals surface area contributed by atoms with Gasteiger partial charge < -0.3 is 9.47 Å². The molecule has 2 aromatic carbocycles. The number of esters is 1. The van der Waals surface area contributed by atoms with Crippen LogP contribution in [-0.2, 0) is 4.79 Å². The number of ether oxygens (including phenoxy) is 2. The van der Waals surface area contributed by atoms with Gasteiger partial charge >= 0.3 is 5.97 Å². The molecule has 3 nitrogen and oxygen atoms in total. The fourth-order valence-corrected chi connectivity index (χ4v) is 2.87. The summed E-state index contributed by atoms with van der Waals surface area (Å²) in [6, 6.07) is 15.6. The Morgan fingerprint density at radius 1 is 0.962 bits per heavy atom. The molecular formula is C22H27BrO3. The van der Waals surface area contributed by atoms with Crippen molar-refractivity contribution in [1.82, 2.24) is 0 Å². The number of hydrogen-bond donors (Lipinski definition) is 0. The van der Waals surface area contributed by atoms with E-state index in [1.54, 1.807) is 0 Å². The van der Waals surface area contributed by atoms with Gasteiger partial charge in [-0.1, -0.05) is 73.8 Å². The summed E-state index contributed by atoms with van der Waals surface area (Å²) < 4.78 is 11.1. The smallest absolute Gasteiger partial charge is 0.325 e. The molecule has 0 aliphatic carbocycles. The van der Waals surface area contributed by atoms with Crippen LogP contribution < -0.4 is 9.47 Å². The van der Waals surface area contributed by atoms with E-state index >= 15 is 0 Å². The van der Waals surface area contributed by atoms with Gasteiger partial charge in [-0.2, -0.15) is 0 Å². The van der Waals surface area contributed by atoms with Crippen LogP contribution in [0.5, 0.6) is 11.5 Å². The standard InChI is InChI=1S/C22H27BrO3/c1-4-6-15-25-19-11-7-17(8-12-19)18-9-13-20(14-10-18)26-22(24)21(23)16(3)5-2/h7-14,16,21H,4-6,15H2,1-3H3. The average Bonchev–Trinajstić information content (AvgIpc) is 2.68. The van der Waals surface area contributed by atoms with Gasteiger partial charge in [0.25, 0.3) is 0 Å². The number of hydrogen-bond acceptors (Lipinski definition) is 3. The molecule has 4 heteroatoms. The summed E-state index contributed by atoms with van der Waals surface area (Å²) >= 11 is 3.42. The van der Waals surface area contributed by atoms with E-state index in [1.807, 2.05) is 55.5 Å². The number of rotatable bonds is 9. The van der Waals surface area contributed by atoms with Crippen LogP contribution in [-0.4, -0.2) is 17.4 Å². The Morgan fingerprint density at radius 3 is 2.00 bits per heavy atom. The van der Waals surface area contributed by atoms with Crippen LogP contribution >= 0.6 is 15.9 Å². The van der Waals surface area contributed by atoms with E-state index in [2.05, 4.69) is 29.8 Å². The molecule has 0 aromatic heterocycles. The van der Waals surface area contributed by atoms with E-state index in [0.717, 1.165) is 42.7 Å². The van der Waals surface area contributed by atoms with Gasteiger partial charge in [0, 0.05) is 0 Å². The quantitative estimate of drug-likeness (QED) is 0.209. The van der Waals surface area contributed by atoms with Crippen molar-refractivity contribution in [1.29, 1.82) is 0 Å². The van der Waals surface area contributed by atoms with Gasteiger partial charge in [0.1, 0.15) is 16.3 Å². The fraction of sp³-hybridized carbons (Fsp3) is 0.409. The largest absolute Gasteiger partial charge is 0.494 e. The normalized spacial score (nSPS) is 13.1. The summed E-state index contributed by atoms with van der Waals surface area (Å²) in [5.41, 5.74) is 2.17. The summed E-state index contributed by atoms with van der Waals surface area (Å²) in [5, 5.41) is 0. The maximum absolute atomic E-state index is 12.1. The zero-order valence-electron chi connectivity index (χ0n) is 15.7. The Morgan fingerprint density at radius 2 is 1.50 bits per heavy atom. The van der Waals surface area contributed by atoms with Crippen LogP contribution in [0.1, 0.15) is 40.0 Å². The fourth-order valence-electron chi connectivity index (χ4n) is 2.41. The summed E-state index contributed by atoms with van der Waals surface area (Å²) in [6.45, 7) is 6.98. The second-order valence-corrected chi connectivity index (χ2v) is 7.45. The molecule has 0 amide bonds. The first-order valence-electron chi connectivity index (χ1n) is 9.24. The first-order chi connectivity index (χ1) is 12.5. The van der Waals surface area contributed by atoms with Gasteiger partial charge in [-0.05, 0) is 47.7 Å². The topological polar surface area (TPSA) is 35.5 Å². The summed E-state index contributed by atoms with van der Waals surface area (Å²) in [4.78, 5) is 11.8. The Labute approximate surface area is 164 Å². The maximum Gasteiger partial charge on any atom is 0.325 e. The number of halogens is 1. The second-order valence-electron chi connectivity index (χ2n) is 6.46. The highest BCUT2D eigenvalue weighted by atomic mass is 79.9. The third-order valence-corrected chi connectivity index (χ3v) is 5.67. The van der Waals surface area contributed by atoms with Crippen molar-refractivity contribution in [2.75, 3.05) is 6.61 Å². The third kappa shape index (κ3) is 5.87. The van der Waals surface area contributed by atoms with Crippen molar-refractivity contribution in [3.63, 3.8) is 0 Å². The lowest BCUT2D eigenvalue weighted by Crippen LogP contribution is -2.26. The molecule has 0 saturated heterocycles. The molecule has 2 unspecified atom stereocenters. The highest BCUT2D eigenvalue weighted by Crippen LogP contribution is 2.26. The molecule has 0 heterocycles. The van der Waals surface area contributed by atoms with Crippen molar-refractivity contribution in [2.45, 2.75) is 44.9 Å². The van der Waals surface area contributed by atoms with Gasteiger partial charge in [-0.25, -0.2) is 0 Å². The molecule has 0 aliphatic rings. The van der Waals surface area contributed by atoms with Crippen LogP contribution in [0.4, 0.5) is 0 Å². The van der Waals surface area contributed by atoms with E-state index in [9.17, 15) is 4.79 Å². The van der Waals surface area contributed by atoms with Crippen molar-refractivity contribution in [2.24, 2.45) is 5.92 Å². The molecule has 0 fully saturated rings. The van der Waals surface area contributed by atoms with Crippen molar-refractivity contribution in [3.8, 4) is 22.6 Å². The molecule has 2 aromatic rings. The molecule has 140 valence electrons. The Balaban J connectivity index is 1.97. The molecule has 0 radical (unpaired) electrons. The summed E-state index contributed by atoms with van der Waals surface area (Å²) in [6.07, 6.45) is 3.11. The summed E-state index contributed by atoms with van der Waals surface area (Å²) in [7, 11) is 0. The Kier molecular flexibility index (Phi) is 8.17. The number of carbonyl (C=O) groups is 1. The lowest BCUT2D eigenvalue weighted by Gasteiger charge is -2.15. The molecule has 26 heavy (non-hydrogen) atoms. The lowest BCUT2D eigenvalue weighted by atomic mass is 10.1. The van der Waals surface area contributed by atoms with E-state index in [4.69, 9.17) is 9.47 Å². The zero-order chi connectivity index (χ0) is 18.9. The molecule has 0 saturated carbocycles. The minimum absolute atomic E-state index is 0.236. The molecule has 0 N–H and O–H groups in total. The van der Waals surface area contributed by atoms with Gasteiger partial charge in [-0.15, -0.1) is 0 Å². The molecule has 0 aliphatic heterocycles. The highest BCUT2D eigenvalue weighted by Gasteiger charge is 2.22. The van der Waals surface area contributed by atoms with E-state index in [0.29, 0.717) is 5.75 Å². The van der Waals surface area contributed by atoms with E-state index in [-0.39, 0.29) is 16.7 Å². The van der Waals surface area contributed by atoms with Crippen molar-refractivity contribution >= 4 is 21.9 Å². The monoisotopic (exact) mass is 418 g/mol. The predicted molar refractivity (Wildman–Crippen MR) is 110 cm³/mol. The molecule has 2 atom stereocenters. The minimum atomic E-state index is -0.285. The van der Waals surface area contributed by atoms with Crippen molar-refractivity contribution in [3.05, 3.63) is 48.5 Å². The van der Waals surface area contributed by atoms with E-state index in [1.165, 1.54) is 0 Å². The average molecular weight is 419 g/mol. The van der Waals surface area contributed by atoms with Gasteiger partial charge in [0.05, 0.1) is 6.61 Å². The second kappa shape index (κ2) is 10.4. The lowest BCUT2D eigenvalue weighted by molar-refractivity contribution is -0.134. The van der Waals surface area contributed by atoms with E-state index < -0.39 is 0 Å².